The number of nitrogens with one attached hydrogen (secondary N) is 1. The number of aryl methyl sites for hydroxylation is 1. The maximum atomic E-state index is 8.69. The van der Waals surface area contributed by atoms with E-state index in [4.69, 9.17) is 10.2 Å². The Balaban J connectivity index is 1.64. The van der Waals surface area contributed by atoms with E-state index >= 15 is 0 Å². The standard InChI is InChI=1S/C24H20N6OS/c1-16-28-29-24-20(15-22-25-13-14-32-22)27-23(19-6-2-3-7-21(19)30(16)24)18-10-8-17(9-11-18)5-4-12-26-31/h2-3,6-11,13-14,20,26,31H,12,15H2,1H3/t20-/m0/s1. The molecule has 0 saturated carbocycles. The first-order chi connectivity index (χ1) is 15.7. The van der Waals surface area contributed by atoms with Crippen LogP contribution in [0.4, 0.5) is 0 Å². The average Bonchev–Trinajstić information content (AvgIpc) is 3.44. The summed E-state index contributed by atoms with van der Waals surface area (Å²) >= 11 is 1.62. The lowest BCUT2D eigenvalue weighted by Crippen LogP contribution is -2.08. The Labute approximate surface area is 189 Å². The molecule has 0 spiro atoms. The molecule has 0 aliphatic carbocycles. The lowest BCUT2D eigenvalue weighted by atomic mass is 9.99. The number of rotatable bonds is 4. The third-order valence-corrected chi connectivity index (χ3v) is 6.04. The molecule has 0 unspecified atom stereocenters. The van der Waals surface area contributed by atoms with Gasteiger partial charge in [-0.1, -0.05) is 42.2 Å². The minimum absolute atomic E-state index is 0.208. The van der Waals surface area contributed by atoms with E-state index in [1.807, 2.05) is 60.4 Å². The van der Waals surface area contributed by atoms with Crippen molar-refractivity contribution in [3.8, 4) is 17.5 Å². The van der Waals surface area contributed by atoms with E-state index in [0.717, 1.165) is 44.7 Å². The fourth-order valence-corrected chi connectivity index (χ4v) is 4.48. The van der Waals surface area contributed by atoms with Gasteiger partial charge >= 0.3 is 0 Å². The minimum atomic E-state index is -0.208. The van der Waals surface area contributed by atoms with E-state index in [2.05, 4.69) is 43.7 Å². The Morgan fingerprint density at radius 1 is 1.12 bits per heavy atom. The largest absolute Gasteiger partial charge is 0.316 e. The molecule has 0 bridgehead atoms. The van der Waals surface area contributed by atoms with Crippen LogP contribution >= 0.6 is 11.3 Å². The molecule has 3 heterocycles. The first kappa shape index (κ1) is 20.3. The van der Waals surface area contributed by atoms with Crippen LogP contribution < -0.4 is 5.48 Å². The Hall–Kier alpha value is -3.64. The zero-order valence-corrected chi connectivity index (χ0v) is 18.2. The summed E-state index contributed by atoms with van der Waals surface area (Å²) in [5, 5.41) is 20.5. The van der Waals surface area contributed by atoms with Gasteiger partial charge in [-0.05, 0) is 25.1 Å². The Morgan fingerprint density at radius 3 is 2.75 bits per heavy atom. The molecule has 5 rings (SSSR count). The van der Waals surface area contributed by atoms with Crippen molar-refractivity contribution in [1.29, 1.82) is 0 Å². The van der Waals surface area contributed by atoms with E-state index in [1.165, 1.54) is 0 Å². The minimum Gasteiger partial charge on any atom is -0.316 e. The molecular formula is C24H20N6OS. The third-order valence-electron chi connectivity index (χ3n) is 5.24. The average molecular weight is 441 g/mol. The Kier molecular flexibility index (Phi) is 5.60. The van der Waals surface area contributed by atoms with Crippen LogP contribution in [0.5, 0.6) is 0 Å². The van der Waals surface area contributed by atoms with Crippen LogP contribution in [-0.2, 0) is 6.42 Å². The zero-order chi connectivity index (χ0) is 21.9. The Morgan fingerprint density at radius 2 is 1.97 bits per heavy atom. The van der Waals surface area contributed by atoms with Crippen molar-refractivity contribution in [2.24, 2.45) is 4.99 Å². The lowest BCUT2D eigenvalue weighted by Gasteiger charge is -2.12. The van der Waals surface area contributed by atoms with Gasteiger partial charge in [0.05, 0.1) is 23.0 Å². The third kappa shape index (κ3) is 3.85. The van der Waals surface area contributed by atoms with Gasteiger partial charge in [0, 0.05) is 34.7 Å². The number of nitrogens with zero attached hydrogens (tertiary/aromatic N) is 5. The Bertz CT molecular complexity index is 1330. The van der Waals surface area contributed by atoms with Crippen LogP contribution in [0.2, 0.25) is 0 Å². The number of aliphatic imine (C=N–C) groups is 1. The molecule has 0 saturated heterocycles. The van der Waals surface area contributed by atoms with E-state index < -0.39 is 0 Å². The summed E-state index contributed by atoms with van der Waals surface area (Å²) in [6.07, 6.45) is 2.48. The summed E-state index contributed by atoms with van der Waals surface area (Å²) in [4.78, 5) is 9.67. The molecule has 1 aliphatic rings. The first-order valence-corrected chi connectivity index (χ1v) is 11.1. The highest BCUT2D eigenvalue weighted by atomic mass is 32.1. The number of benzene rings is 2. The van der Waals surface area contributed by atoms with Crippen LogP contribution in [0.1, 0.15) is 39.4 Å². The molecule has 2 aromatic carbocycles. The molecule has 4 aromatic rings. The van der Waals surface area contributed by atoms with Gasteiger partial charge in [-0.2, -0.15) is 5.48 Å². The van der Waals surface area contributed by atoms with Crippen LogP contribution in [0.15, 0.2) is 65.1 Å². The SMILES string of the molecule is Cc1nnc2n1-c1ccccc1C(c1ccc(C#CCNO)cc1)=N[C@H]2Cc1nccs1. The maximum absolute atomic E-state index is 8.69. The van der Waals surface area contributed by atoms with Gasteiger partial charge in [-0.15, -0.1) is 21.5 Å². The number of hydrogen-bond donors (Lipinski definition) is 2. The van der Waals surface area contributed by atoms with Gasteiger partial charge in [0.2, 0.25) is 0 Å². The smallest absolute Gasteiger partial charge is 0.162 e. The molecule has 0 radical (unpaired) electrons. The molecule has 0 amide bonds. The second kappa shape index (κ2) is 8.85. The second-order valence-corrected chi connectivity index (χ2v) is 8.27. The molecule has 7 nitrogen and oxygen atoms in total. The molecular weight excluding hydrogens is 420 g/mol. The van der Waals surface area contributed by atoms with E-state index in [1.54, 1.807) is 11.3 Å². The van der Waals surface area contributed by atoms with E-state index in [9.17, 15) is 0 Å². The summed E-state index contributed by atoms with van der Waals surface area (Å²) in [6.45, 7) is 2.19. The fraction of sp³-hybridized carbons (Fsp3) is 0.167. The van der Waals surface area contributed by atoms with Gasteiger partial charge < -0.3 is 5.21 Å². The first-order valence-electron chi connectivity index (χ1n) is 10.2. The van der Waals surface area contributed by atoms with Crippen molar-refractivity contribution < 1.29 is 5.21 Å². The van der Waals surface area contributed by atoms with Crippen molar-refractivity contribution in [3.05, 3.63) is 93.5 Å². The van der Waals surface area contributed by atoms with E-state index in [0.29, 0.717) is 6.42 Å². The number of hydroxylamine groups is 1. The monoisotopic (exact) mass is 440 g/mol. The fourth-order valence-electron chi connectivity index (χ4n) is 3.83. The van der Waals surface area contributed by atoms with Gasteiger partial charge in [0.1, 0.15) is 11.9 Å². The predicted octanol–water partition coefficient (Wildman–Crippen LogP) is 3.50. The number of fused-ring (bicyclic) bond motifs is 3. The molecule has 32 heavy (non-hydrogen) atoms. The topological polar surface area (TPSA) is 88.2 Å². The molecule has 1 aliphatic heterocycles. The molecule has 1 atom stereocenters. The molecule has 158 valence electrons. The zero-order valence-electron chi connectivity index (χ0n) is 17.4. The maximum Gasteiger partial charge on any atom is 0.162 e. The number of para-hydroxylation sites is 1. The van der Waals surface area contributed by atoms with Crippen molar-refractivity contribution in [2.45, 2.75) is 19.4 Å². The molecule has 0 fully saturated rings. The van der Waals surface area contributed by atoms with Crippen molar-refractivity contribution in [1.82, 2.24) is 25.2 Å². The van der Waals surface area contributed by atoms with E-state index in [-0.39, 0.29) is 12.6 Å². The summed E-state index contributed by atoms with van der Waals surface area (Å²) in [6, 6.07) is 16.0. The van der Waals surface area contributed by atoms with Crippen LogP contribution in [0.25, 0.3) is 5.69 Å². The van der Waals surface area contributed by atoms with Crippen molar-refractivity contribution in [3.63, 3.8) is 0 Å². The summed E-state index contributed by atoms with van der Waals surface area (Å²) in [7, 11) is 0. The second-order valence-electron chi connectivity index (χ2n) is 7.30. The highest BCUT2D eigenvalue weighted by Crippen LogP contribution is 2.32. The van der Waals surface area contributed by atoms with Crippen LogP contribution in [0.3, 0.4) is 0 Å². The number of thiazole rings is 1. The van der Waals surface area contributed by atoms with Crippen molar-refractivity contribution in [2.75, 3.05) is 6.54 Å². The molecule has 2 N–H and O–H groups in total. The lowest BCUT2D eigenvalue weighted by molar-refractivity contribution is 0.181. The molecule has 8 heteroatoms. The predicted molar refractivity (Wildman–Crippen MR) is 123 cm³/mol. The van der Waals surface area contributed by atoms with Crippen LogP contribution in [0, 0.1) is 18.8 Å². The van der Waals surface area contributed by atoms with Crippen molar-refractivity contribution >= 4 is 17.0 Å². The molecule has 2 aromatic heterocycles. The summed E-state index contributed by atoms with van der Waals surface area (Å²) < 4.78 is 2.10. The highest BCUT2D eigenvalue weighted by molar-refractivity contribution is 7.09. The summed E-state index contributed by atoms with van der Waals surface area (Å²) in [5.74, 6) is 7.53. The van der Waals surface area contributed by atoms with Gasteiger partial charge in [-0.25, -0.2) is 4.98 Å². The number of hydrogen-bond acceptors (Lipinski definition) is 7. The van der Waals surface area contributed by atoms with Gasteiger partial charge in [0.15, 0.2) is 5.82 Å². The van der Waals surface area contributed by atoms with Crippen LogP contribution in [-0.4, -0.2) is 37.2 Å². The number of aromatic nitrogens is 4. The summed E-state index contributed by atoms with van der Waals surface area (Å²) in [5.41, 5.74) is 6.87. The highest BCUT2D eigenvalue weighted by Gasteiger charge is 2.28. The van der Waals surface area contributed by atoms with Gasteiger partial charge in [-0.3, -0.25) is 9.56 Å². The van der Waals surface area contributed by atoms with Gasteiger partial charge in [0.25, 0.3) is 0 Å². The normalized spacial score (nSPS) is 14.6. The quantitative estimate of drug-likeness (QED) is 0.375.